The summed E-state index contributed by atoms with van der Waals surface area (Å²) < 4.78 is 4.85. The molecule has 0 atom stereocenters. The van der Waals surface area contributed by atoms with Crippen molar-refractivity contribution in [1.29, 1.82) is 0 Å². The van der Waals surface area contributed by atoms with Crippen molar-refractivity contribution in [3.63, 3.8) is 0 Å². The van der Waals surface area contributed by atoms with Crippen LogP contribution in [0, 0.1) is 0 Å². The number of ether oxygens (including phenoxy) is 1. The Kier molecular flexibility index (Phi) is 2.56. The first-order valence-electron chi connectivity index (χ1n) is 4.12. The molecule has 0 spiro atoms. The van der Waals surface area contributed by atoms with Crippen LogP contribution in [0.15, 0.2) is 0 Å². The van der Waals surface area contributed by atoms with E-state index in [4.69, 9.17) is 4.74 Å². The molecule has 1 heterocycles. The van der Waals surface area contributed by atoms with E-state index in [2.05, 4.69) is 5.32 Å². The Bertz CT molecular complexity index is 238. The van der Waals surface area contributed by atoms with Crippen molar-refractivity contribution in [3.8, 4) is 0 Å². The number of urea groups is 1. The number of carbonyl (C=O) groups is 2. The second kappa shape index (κ2) is 3.33. The van der Waals surface area contributed by atoms with Crippen LogP contribution in [-0.4, -0.2) is 42.6 Å². The molecule has 74 valence electrons. The molecule has 1 aliphatic heterocycles. The van der Waals surface area contributed by atoms with E-state index in [1.807, 2.05) is 0 Å². The van der Waals surface area contributed by atoms with Crippen molar-refractivity contribution in [3.05, 3.63) is 0 Å². The number of methoxy groups -OCH3 is 1. The van der Waals surface area contributed by atoms with Gasteiger partial charge in [-0.05, 0) is 13.8 Å². The van der Waals surface area contributed by atoms with Gasteiger partial charge in [0, 0.05) is 13.7 Å². The Balaban J connectivity index is 2.71. The molecule has 1 fully saturated rings. The lowest BCUT2D eigenvalue weighted by atomic mass is 10.1. The Labute approximate surface area is 77.0 Å². The number of hydrogen-bond donors (Lipinski definition) is 1. The second-order valence-electron chi connectivity index (χ2n) is 3.46. The number of rotatable bonds is 3. The summed E-state index contributed by atoms with van der Waals surface area (Å²) >= 11 is 0. The molecule has 1 saturated heterocycles. The summed E-state index contributed by atoms with van der Waals surface area (Å²) in [6, 6.07) is -0.341. The number of nitrogens with zero attached hydrogens (tertiary/aromatic N) is 1. The van der Waals surface area contributed by atoms with E-state index in [9.17, 15) is 9.59 Å². The first-order chi connectivity index (χ1) is 6.00. The minimum absolute atomic E-state index is 0.256. The number of nitrogens with one attached hydrogen (secondary N) is 1. The molecule has 0 unspecified atom stereocenters. The Morgan fingerprint density at radius 2 is 2.08 bits per heavy atom. The van der Waals surface area contributed by atoms with Gasteiger partial charge in [-0.15, -0.1) is 0 Å². The Morgan fingerprint density at radius 1 is 1.46 bits per heavy atom. The van der Waals surface area contributed by atoms with Crippen molar-refractivity contribution >= 4 is 11.9 Å². The van der Waals surface area contributed by atoms with Crippen molar-refractivity contribution in [2.75, 3.05) is 20.3 Å². The van der Waals surface area contributed by atoms with Gasteiger partial charge >= 0.3 is 6.03 Å². The fourth-order valence-electron chi connectivity index (χ4n) is 1.26. The van der Waals surface area contributed by atoms with Gasteiger partial charge in [-0.25, -0.2) is 4.79 Å². The molecular formula is C8H14N2O3. The minimum Gasteiger partial charge on any atom is -0.383 e. The zero-order valence-corrected chi connectivity index (χ0v) is 8.09. The van der Waals surface area contributed by atoms with Gasteiger partial charge in [0.2, 0.25) is 0 Å². The Hall–Kier alpha value is -1.10. The number of hydrogen-bond acceptors (Lipinski definition) is 3. The number of amides is 3. The third-order valence-corrected chi connectivity index (χ3v) is 2.22. The summed E-state index contributed by atoms with van der Waals surface area (Å²) in [4.78, 5) is 24.0. The highest BCUT2D eigenvalue weighted by molar-refractivity contribution is 6.06. The van der Waals surface area contributed by atoms with Crippen LogP contribution >= 0.6 is 0 Å². The normalized spacial score (nSPS) is 20.7. The topological polar surface area (TPSA) is 58.6 Å². The smallest absolute Gasteiger partial charge is 0.325 e. The molecule has 0 aliphatic carbocycles. The quantitative estimate of drug-likeness (QED) is 0.629. The van der Waals surface area contributed by atoms with Crippen LogP contribution in [0.5, 0.6) is 0 Å². The van der Waals surface area contributed by atoms with E-state index in [0.29, 0.717) is 13.2 Å². The van der Waals surface area contributed by atoms with Crippen LogP contribution in [0.2, 0.25) is 0 Å². The molecule has 1 rings (SSSR count). The van der Waals surface area contributed by atoms with Crippen LogP contribution in [-0.2, 0) is 9.53 Å². The number of carbonyl (C=O) groups excluding carboxylic acids is 2. The van der Waals surface area contributed by atoms with Gasteiger partial charge in [0.15, 0.2) is 0 Å². The molecule has 0 bridgehead atoms. The zero-order chi connectivity index (χ0) is 10.1. The average Bonchev–Trinajstić information content (AvgIpc) is 2.21. The van der Waals surface area contributed by atoms with E-state index in [1.165, 1.54) is 4.90 Å². The molecule has 0 aromatic heterocycles. The molecule has 0 aromatic rings. The van der Waals surface area contributed by atoms with Crippen LogP contribution < -0.4 is 5.32 Å². The lowest BCUT2D eigenvalue weighted by molar-refractivity contribution is -0.125. The summed E-state index contributed by atoms with van der Waals surface area (Å²) in [7, 11) is 1.56. The third-order valence-electron chi connectivity index (χ3n) is 2.22. The van der Waals surface area contributed by atoms with Crippen molar-refractivity contribution in [1.82, 2.24) is 10.2 Å². The van der Waals surface area contributed by atoms with Crippen LogP contribution in [0.3, 0.4) is 0 Å². The standard InChI is InChI=1S/C8H14N2O3/c1-8(2)6(11)9-7(12)10(8)4-5-13-3/h4-5H2,1-3H3,(H,9,11,12). The summed E-state index contributed by atoms with van der Waals surface area (Å²) in [5.74, 6) is -0.256. The van der Waals surface area contributed by atoms with Crippen molar-refractivity contribution < 1.29 is 14.3 Å². The van der Waals surface area contributed by atoms with E-state index >= 15 is 0 Å². The molecule has 0 saturated carbocycles. The number of imide groups is 1. The lowest BCUT2D eigenvalue weighted by Crippen LogP contribution is -2.45. The summed E-state index contributed by atoms with van der Waals surface area (Å²) in [6.45, 7) is 4.29. The maximum atomic E-state index is 11.3. The van der Waals surface area contributed by atoms with Gasteiger partial charge in [-0.2, -0.15) is 0 Å². The zero-order valence-electron chi connectivity index (χ0n) is 8.09. The predicted molar refractivity (Wildman–Crippen MR) is 46.2 cm³/mol. The largest absolute Gasteiger partial charge is 0.383 e. The summed E-state index contributed by atoms with van der Waals surface area (Å²) in [5, 5.41) is 2.26. The van der Waals surface area contributed by atoms with Gasteiger partial charge in [-0.3, -0.25) is 10.1 Å². The molecular weight excluding hydrogens is 172 g/mol. The second-order valence-corrected chi connectivity index (χ2v) is 3.46. The van der Waals surface area contributed by atoms with Gasteiger partial charge in [0.05, 0.1) is 6.61 Å². The third kappa shape index (κ3) is 1.65. The Morgan fingerprint density at radius 3 is 2.46 bits per heavy atom. The first-order valence-corrected chi connectivity index (χ1v) is 4.12. The SMILES string of the molecule is COCCN1C(=O)NC(=O)C1(C)C. The molecule has 0 radical (unpaired) electrons. The fraction of sp³-hybridized carbons (Fsp3) is 0.750. The van der Waals surface area contributed by atoms with E-state index < -0.39 is 5.54 Å². The van der Waals surface area contributed by atoms with E-state index in [1.54, 1.807) is 21.0 Å². The molecule has 13 heavy (non-hydrogen) atoms. The molecule has 0 aromatic carbocycles. The monoisotopic (exact) mass is 186 g/mol. The highest BCUT2D eigenvalue weighted by Gasteiger charge is 2.44. The minimum atomic E-state index is -0.754. The van der Waals surface area contributed by atoms with Gasteiger partial charge in [-0.1, -0.05) is 0 Å². The van der Waals surface area contributed by atoms with Crippen molar-refractivity contribution in [2.45, 2.75) is 19.4 Å². The van der Waals surface area contributed by atoms with Crippen LogP contribution in [0.4, 0.5) is 4.79 Å². The molecule has 5 heteroatoms. The summed E-state index contributed by atoms with van der Waals surface area (Å²) in [6.07, 6.45) is 0. The van der Waals surface area contributed by atoms with Gasteiger partial charge in [0.1, 0.15) is 5.54 Å². The molecule has 3 amide bonds. The molecule has 1 aliphatic rings. The van der Waals surface area contributed by atoms with Crippen LogP contribution in [0.25, 0.3) is 0 Å². The maximum Gasteiger partial charge on any atom is 0.325 e. The van der Waals surface area contributed by atoms with Gasteiger partial charge < -0.3 is 9.64 Å². The maximum absolute atomic E-state index is 11.3. The fourth-order valence-corrected chi connectivity index (χ4v) is 1.26. The predicted octanol–water partition coefficient (Wildman–Crippen LogP) is -0.0368. The van der Waals surface area contributed by atoms with Crippen LogP contribution in [0.1, 0.15) is 13.8 Å². The average molecular weight is 186 g/mol. The van der Waals surface area contributed by atoms with Crippen molar-refractivity contribution in [2.24, 2.45) is 0 Å². The first kappa shape index (κ1) is 9.98. The highest BCUT2D eigenvalue weighted by atomic mass is 16.5. The highest BCUT2D eigenvalue weighted by Crippen LogP contribution is 2.19. The summed E-state index contributed by atoms with van der Waals surface area (Å²) in [5.41, 5.74) is -0.754. The van der Waals surface area contributed by atoms with E-state index in [-0.39, 0.29) is 11.9 Å². The molecule has 1 N–H and O–H groups in total. The van der Waals surface area contributed by atoms with Gasteiger partial charge in [0.25, 0.3) is 5.91 Å². The van der Waals surface area contributed by atoms with E-state index in [0.717, 1.165) is 0 Å². The molecule has 5 nitrogen and oxygen atoms in total. The lowest BCUT2D eigenvalue weighted by Gasteiger charge is -2.27.